The van der Waals surface area contributed by atoms with Gasteiger partial charge in [-0.25, -0.2) is 8.42 Å². The average Bonchev–Trinajstić information content (AvgIpc) is 3.36. The van der Waals surface area contributed by atoms with Gasteiger partial charge in [0.05, 0.1) is 12.0 Å². The molecule has 0 unspecified atom stereocenters. The molecular weight excluding hydrogens is 450 g/mol. The number of methoxy groups -OCH3 is 1. The summed E-state index contributed by atoms with van der Waals surface area (Å²) in [4.78, 5) is 17.7. The highest BCUT2D eigenvalue weighted by Crippen LogP contribution is 2.31. The van der Waals surface area contributed by atoms with Gasteiger partial charge in [-0.05, 0) is 37.0 Å². The Hall–Kier alpha value is -2.68. The third kappa shape index (κ3) is 5.35. The Balaban J connectivity index is 1.38. The van der Waals surface area contributed by atoms with Gasteiger partial charge in [-0.15, -0.1) is 0 Å². The van der Waals surface area contributed by atoms with Crippen LogP contribution in [0.3, 0.4) is 0 Å². The summed E-state index contributed by atoms with van der Waals surface area (Å²) in [6.45, 7) is 5.74. The van der Waals surface area contributed by atoms with Gasteiger partial charge < -0.3 is 9.64 Å². The summed E-state index contributed by atoms with van der Waals surface area (Å²) < 4.78 is 33.6. The number of amides is 1. The maximum atomic E-state index is 13.5. The summed E-state index contributed by atoms with van der Waals surface area (Å²) in [7, 11) is -2.28. The van der Waals surface area contributed by atoms with Crippen LogP contribution in [0.2, 0.25) is 0 Å². The van der Waals surface area contributed by atoms with Crippen molar-refractivity contribution in [3.8, 4) is 5.75 Å². The number of carbonyl (C=O) groups excluding carboxylic acids is 1. The summed E-state index contributed by atoms with van der Waals surface area (Å²) in [5.41, 5.74) is 1.82. The highest BCUT2D eigenvalue weighted by molar-refractivity contribution is 7.89. The van der Waals surface area contributed by atoms with Crippen LogP contribution < -0.4 is 4.74 Å². The molecule has 2 heterocycles. The second kappa shape index (κ2) is 10.7. The van der Waals surface area contributed by atoms with E-state index in [0.29, 0.717) is 43.8 Å². The molecule has 0 radical (unpaired) electrons. The molecule has 0 N–H and O–H groups in total. The lowest BCUT2D eigenvalue weighted by atomic mass is 10.2. The topological polar surface area (TPSA) is 70.2 Å². The van der Waals surface area contributed by atoms with Gasteiger partial charge in [0.15, 0.2) is 0 Å². The summed E-state index contributed by atoms with van der Waals surface area (Å²) >= 11 is 0. The molecule has 7 nitrogen and oxygen atoms in total. The van der Waals surface area contributed by atoms with E-state index in [9.17, 15) is 13.2 Å². The Kier molecular flexibility index (Phi) is 7.70. The molecule has 2 aromatic carbocycles. The minimum Gasteiger partial charge on any atom is -0.497 e. The zero-order chi connectivity index (χ0) is 24.1. The molecule has 34 heavy (non-hydrogen) atoms. The Labute approximate surface area is 202 Å². The zero-order valence-corrected chi connectivity index (χ0v) is 20.7. The molecule has 2 aliphatic heterocycles. The number of hydrogen-bond acceptors (Lipinski definition) is 5. The first-order valence-corrected chi connectivity index (χ1v) is 13.2. The van der Waals surface area contributed by atoms with Crippen LogP contribution in [0.1, 0.15) is 24.0 Å². The van der Waals surface area contributed by atoms with E-state index in [1.165, 1.54) is 17.0 Å². The maximum absolute atomic E-state index is 13.5. The molecule has 0 spiro atoms. The molecule has 0 bridgehead atoms. The lowest BCUT2D eigenvalue weighted by Crippen LogP contribution is -2.54. The van der Waals surface area contributed by atoms with E-state index < -0.39 is 16.1 Å². The predicted molar refractivity (Wildman–Crippen MR) is 133 cm³/mol. The highest BCUT2D eigenvalue weighted by Gasteiger charge is 2.42. The van der Waals surface area contributed by atoms with Gasteiger partial charge in [-0.2, -0.15) is 4.31 Å². The average molecular weight is 484 g/mol. The number of hydrogen-bond donors (Lipinski definition) is 0. The summed E-state index contributed by atoms with van der Waals surface area (Å²) in [6.07, 6.45) is 5.50. The van der Waals surface area contributed by atoms with Gasteiger partial charge in [0.2, 0.25) is 15.9 Å². The Bertz CT molecular complexity index is 1130. The van der Waals surface area contributed by atoms with Gasteiger partial charge in [0.1, 0.15) is 11.8 Å². The highest BCUT2D eigenvalue weighted by atomic mass is 32.2. The number of aryl methyl sites for hydroxylation is 1. The lowest BCUT2D eigenvalue weighted by molar-refractivity contribution is -0.136. The lowest BCUT2D eigenvalue weighted by Gasteiger charge is -2.36. The van der Waals surface area contributed by atoms with Gasteiger partial charge in [0, 0.05) is 45.3 Å². The number of piperazine rings is 1. The first-order chi connectivity index (χ1) is 16.4. The van der Waals surface area contributed by atoms with E-state index in [2.05, 4.69) is 29.2 Å². The SMILES string of the molecule is COc1ccc(C)c(S(=O)(=O)N2CCC[C@@H]2C(=O)N2CCN(C/C=C/c3ccccc3)CC2)c1. The van der Waals surface area contributed by atoms with Crippen molar-refractivity contribution in [2.24, 2.45) is 0 Å². The van der Waals surface area contributed by atoms with Crippen molar-refractivity contribution >= 4 is 22.0 Å². The largest absolute Gasteiger partial charge is 0.497 e. The molecule has 2 aliphatic rings. The minimum absolute atomic E-state index is 0.0823. The van der Waals surface area contributed by atoms with Gasteiger partial charge in [0.25, 0.3) is 0 Å². The van der Waals surface area contributed by atoms with Crippen LogP contribution in [0, 0.1) is 6.92 Å². The van der Waals surface area contributed by atoms with Crippen LogP contribution in [-0.4, -0.2) is 80.9 Å². The molecule has 0 saturated carbocycles. The van der Waals surface area contributed by atoms with Crippen LogP contribution in [0.15, 0.2) is 59.5 Å². The standard InChI is InChI=1S/C26H33N3O4S/c1-21-12-13-23(33-2)20-25(21)34(31,32)29-15-7-11-24(29)26(30)28-18-16-27(17-19-28)14-6-10-22-8-4-3-5-9-22/h3-6,8-10,12-13,20,24H,7,11,14-19H2,1-2H3/b10-6+/t24-/m1/s1. The van der Waals surface area contributed by atoms with Crippen LogP contribution in [-0.2, 0) is 14.8 Å². The van der Waals surface area contributed by atoms with Crippen molar-refractivity contribution in [2.75, 3.05) is 46.4 Å². The van der Waals surface area contributed by atoms with Crippen LogP contribution in [0.4, 0.5) is 0 Å². The smallest absolute Gasteiger partial charge is 0.244 e. The molecule has 1 amide bonds. The van der Waals surface area contributed by atoms with Crippen molar-refractivity contribution in [2.45, 2.75) is 30.7 Å². The van der Waals surface area contributed by atoms with E-state index in [1.807, 2.05) is 23.1 Å². The fourth-order valence-corrected chi connectivity index (χ4v) is 6.54. The summed E-state index contributed by atoms with van der Waals surface area (Å²) in [5.74, 6) is 0.407. The predicted octanol–water partition coefficient (Wildman–Crippen LogP) is 3.01. The monoisotopic (exact) mass is 483 g/mol. The number of carbonyl (C=O) groups is 1. The number of sulfonamides is 1. The van der Waals surface area contributed by atoms with Gasteiger partial charge in [-0.3, -0.25) is 9.69 Å². The molecule has 2 saturated heterocycles. The molecule has 0 aliphatic carbocycles. The molecule has 0 aromatic heterocycles. The van der Waals surface area contributed by atoms with Crippen molar-refractivity contribution in [1.82, 2.24) is 14.1 Å². The number of nitrogens with zero attached hydrogens (tertiary/aromatic N) is 3. The van der Waals surface area contributed by atoms with Crippen LogP contribution in [0.5, 0.6) is 5.75 Å². The van der Waals surface area contributed by atoms with Crippen molar-refractivity contribution < 1.29 is 17.9 Å². The molecule has 1 atom stereocenters. The van der Waals surface area contributed by atoms with Gasteiger partial charge in [-0.1, -0.05) is 48.6 Å². The van der Waals surface area contributed by atoms with E-state index in [1.54, 1.807) is 25.1 Å². The molecular formula is C26H33N3O4S. The molecule has 2 aromatic rings. The first kappa shape index (κ1) is 24.4. The molecule has 182 valence electrons. The van der Waals surface area contributed by atoms with Crippen LogP contribution in [0.25, 0.3) is 6.08 Å². The quantitative estimate of drug-likeness (QED) is 0.606. The third-order valence-electron chi connectivity index (χ3n) is 6.63. The third-order valence-corrected chi connectivity index (χ3v) is 8.68. The summed E-state index contributed by atoms with van der Waals surface area (Å²) in [6, 6.07) is 14.6. The molecule has 4 rings (SSSR count). The Morgan fingerprint density at radius 1 is 1.06 bits per heavy atom. The fourth-order valence-electron chi connectivity index (χ4n) is 4.65. The van der Waals surface area contributed by atoms with E-state index in [0.717, 1.165) is 19.6 Å². The maximum Gasteiger partial charge on any atom is 0.244 e. The second-order valence-electron chi connectivity index (χ2n) is 8.84. The second-order valence-corrected chi connectivity index (χ2v) is 10.7. The molecule has 8 heteroatoms. The fraction of sp³-hybridized carbons (Fsp3) is 0.423. The number of ether oxygens (including phenoxy) is 1. The zero-order valence-electron chi connectivity index (χ0n) is 19.9. The Morgan fingerprint density at radius 2 is 1.79 bits per heavy atom. The van der Waals surface area contributed by atoms with E-state index in [-0.39, 0.29) is 10.8 Å². The normalized spacial score (nSPS) is 20.2. The molecule has 2 fully saturated rings. The van der Waals surface area contributed by atoms with Crippen molar-refractivity contribution in [3.63, 3.8) is 0 Å². The van der Waals surface area contributed by atoms with Crippen LogP contribution >= 0.6 is 0 Å². The number of benzene rings is 2. The van der Waals surface area contributed by atoms with Crippen molar-refractivity contribution in [1.29, 1.82) is 0 Å². The summed E-state index contributed by atoms with van der Waals surface area (Å²) in [5, 5.41) is 0. The minimum atomic E-state index is -3.80. The van der Waals surface area contributed by atoms with Gasteiger partial charge >= 0.3 is 0 Å². The Morgan fingerprint density at radius 3 is 2.50 bits per heavy atom. The number of rotatable bonds is 7. The van der Waals surface area contributed by atoms with E-state index >= 15 is 0 Å². The first-order valence-electron chi connectivity index (χ1n) is 11.8. The van der Waals surface area contributed by atoms with Crippen molar-refractivity contribution in [3.05, 3.63) is 65.7 Å². The van der Waals surface area contributed by atoms with E-state index in [4.69, 9.17) is 4.74 Å².